The summed E-state index contributed by atoms with van der Waals surface area (Å²) in [7, 11) is 1.92. The van der Waals surface area contributed by atoms with Crippen LogP contribution in [-0.4, -0.2) is 51.6 Å². The average Bonchev–Trinajstić information content (AvgIpc) is 3.00. The molecule has 1 fully saturated rings. The van der Waals surface area contributed by atoms with Gasteiger partial charge in [0, 0.05) is 30.9 Å². The quantitative estimate of drug-likeness (QED) is 0.844. The van der Waals surface area contributed by atoms with E-state index in [0.29, 0.717) is 13.2 Å². The Morgan fingerprint density at radius 1 is 1.60 bits per heavy atom. The molecule has 1 aromatic heterocycles. The van der Waals surface area contributed by atoms with Crippen molar-refractivity contribution in [1.29, 1.82) is 0 Å². The van der Waals surface area contributed by atoms with Gasteiger partial charge in [0.25, 0.3) is 0 Å². The van der Waals surface area contributed by atoms with E-state index in [0.717, 1.165) is 30.8 Å². The van der Waals surface area contributed by atoms with Gasteiger partial charge in [-0.05, 0) is 19.9 Å². The van der Waals surface area contributed by atoms with Crippen molar-refractivity contribution in [2.45, 2.75) is 32.9 Å². The molecule has 0 spiro atoms. The SMILES string of the molecule is CCCN(Cc1cnn(C)c1C)C1COCC1C(=O)O. The predicted molar refractivity (Wildman–Crippen MR) is 74.4 cm³/mol. The largest absolute Gasteiger partial charge is 0.481 e. The third kappa shape index (κ3) is 3.02. The average molecular weight is 281 g/mol. The Hall–Kier alpha value is -1.40. The molecular weight excluding hydrogens is 258 g/mol. The zero-order valence-corrected chi connectivity index (χ0v) is 12.4. The van der Waals surface area contributed by atoms with Crippen molar-refractivity contribution in [3.05, 3.63) is 17.5 Å². The second-order valence-corrected chi connectivity index (χ2v) is 5.40. The van der Waals surface area contributed by atoms with E-state index in [1.807, 2.05) is 24.9 Å². The Labute approximate surface area is 119 Å². The summed E-state index contributed by atoms with van der Waals surface area (Å²) in [4.78, 5) is 13.5. The molecule has 1 N–H and O–H groups in total. The molecule has 2 unspecified atom stereocenters. The van der Waals surface area contributed by atoms with Crippen molar-refractivity contribution in [3.8, 4) is 0 Å². The predicted octanol–water partition coefficient (Wildman–Crippen LogP) is 1.04. The number of nitrogens with zero attached hydrogens (tertiary/aromatic N) is 3. The van der Waals surface area contributed by atoms with Crippen molar-refractivity contribution in [1.82, 2.24) is 14.7 Å². The lowest BCUT2D eigenvalue weighted by molar-refractivity contribution is -0.143. The van der Waals surface area contributed by atoms with Gasteiger partial charge in [-0.2, -0.15) is 5.10 Å². The van der Waals surface area contributed by atoms with Crippen LogP contribution in [0.25, 0.3) is 0 Å². The highest BCUT2D eigenvalue weighted by Crippen LogP contribution is 2.23. The molecule has 1 aliphatic heterocycles. The first kappa shape index (κ1) is 15.0. The third-order valence-electron chi connectivity index (χ3n) is 4.06. The lowest BCUT2D eigenvalue weighted by Gasteiger charge is -2.29. The number of aryl methyl sites for hydroxylation is 1. The van der Waals surface area contributed by atoms with Crippen LogP contribution in [0.15, 0.2) is 6.20 Å². The smallest absolute Gasteiger partial charge is 0.310 e. The van der Waals surface area contributed by atoms with E-state index < -0.39 is 11.9 Å². The van der Waals surface area contributed by atoms with Gasteiger partial charge in [0.1, 0.15) is 0 Å². The first-order chi connectivity index (χ1) is 9.54. The molecule has 0 aliphatic carbocycles. The molecule has 0 radical (unpaired) electrons. The fourth-order valence-electron chi connectivity index (χ4n) is 2.71. The van der Waals surface area contributed by atoms with Gasteiger partial charge in [0.2, 0.25) is 0 Å². The van der Waals surface area contributed by atoms with Crippen molar-refractivity contribution >= 4 is 5.97 Å². The van der Waals surface area contributed by atoms with E-state index in [-0.39, 0.29) is 6.04 Å². The lowest BCUT2D eigenvalue weighted by atomic mass is 10.0. The first-order valence-corrected chi connectivity index (χ1v) is 7.06. The highest BCUT2D eigenvalue weighted by molar-refractivity contribution is 5.71. The topological polar surface area (TPSA) is 67.6 Å². The summed E-state index contributed by atoms with van der Waals surface area (Å²) >= 11 is 0. The summed E-state index contributed by atoms with van der Waals surface area (Å²) in [6.45, 7) is 6.54. The summed E-state index contributed by atoms with van der Waals surface area (Å²) < 4.78 is 7.23. The van der Waals surface area contributed by atoms with E-state index in [1.54, 1.807) is 0 Å². The molecule has 2 atom stereocenters. The minimum atomic E-state index is -0.767. The number of carboxylic acids is 1. The van der Waals surface area contributed by atoms with Gasteiger partial charge in [-0.3, -0.25) is 14.4 Å². The van der Waals surface area contributed by atoms with Gasteiger partial charge in [-0.15, -0.1) is 0 Å². The van der Waals surface area contributed by atoms with Crippen LogP contribution in [0, 0.1) is 12.8 Å². The number of hydrogen-bond acceptors (Lipinski definition) is 4. The molecule has 1 aromatic rings. The number of carboxylic acid groups (broad SMARTS) is 1. The van der Waals surface area contributed by atoms with Gasteiger partial charge in [0.05, 0.1) is 25.3 Å². The fraction of sp³-hybridized carbons (Fsp3) is 0.714. The molecule has 0 bridgehead atoms. The van der Waals surface area contributed by atoms with Gasteiger partial charge in [-0.25, -0.2) is 0 Å². The second kappa shape index (κ2) is 6.37. The Balaban J connectivity index is 2.14. The molecule has 112 valence electrons. The molecule has 6 nitrogen and oxygen atoms in total. The first-order valence-electron chi connectivity index (χ1n) is 7.06. The van der Waals surface area contributed by atoms with Crippen molar-refractivity contribution in [3.63, 3.8) is 0 Å². The molecule has 0 amide bonds. The summed E-state index contributed by atoms with van der Waals surface area (Å²) in [6.07, 6.45) is 2.85. The van der Waals surface area contributed by atoms with Crippen LogP contribution in [-0.2, 0) is 23.1 Å². The standard InChI is InChI=1S/C14H23N3O3/c1-4-5-17(7-11-6-15-16(3)10(11)2)13-9-20-8-12(13)14(18)19/h6,12-13H,4-5,7-9H2,1-3H3,(H,18,19). The van der Waals surface area contributed by atoms with Crippen LogP contribution >= 0.6 is 0 Å². The van der Waals surface area contributed by atoms with Crippen LogP contribution < -0.4 is 0 Å². The summed E-state index contributed by atoms with van der Waals surface area (Å²) in [6, 6.07) is -0.0490. The van der Waals surface area contributed by atoms with E-state index >= 15 is 0 Å². The van der Waals surface area contributed by atoms with E-state index in [4.69, 9.17) is 4.74 Å². The number of aliphatic carboxylic acids is 1. The van der Waals surface area contributed by atoms with E-state index in [1.165, 1.54) is 0 Å². The molecule has 1 saturated heterocycles. The lowest BCUT2D eigenvalue weighted by Crippen LogP contribution is -2.43. The van der Waals surface area contributed by atoms with Gasteiger partial charge in [-0.1, -0.05) is 6.92 Å². The Morgan fingerprint density at radius 2 is 2.35 bits per heavy atom. The van der Waals surface area contributed by atoms with E-state index in [9.17, 15) is 9.90 Å². The highest BCUT2D eigenvalue weighted by atomic mass is 16.5. The zero-order valence-electron chi connectivity index (χ0n) is 12.4. The monoisotopic (exact) mass is 281 g/mol. The fourth-order valence-corrected chi connectivity index (χ4v) is 2.71. The summed E-state index contributed by atoms with van der Waals surface area (Å²) in [5.74, 6) is -1.20. The molecule has 2 heterocycles. The molecular formula is C14H23N3O3. The van der Waals surface area contributed by atoms with Crippen molar-refractivity contribution in [2.24, 2.45) is 13.0 Å². The number of hydrogen-bond donors (Lipinski definition) is 1. The van der Waals surface area contributed by atoms with Crippen molar-refractivity contribution in [2.75, 3.05) is 19.8 Å². The molecule has 20 heavy (non-hydrogen) atoms. The number of aromatic nitrogens is 2. The summed E-state index contributed by atoms with van der Waals surface area (Å²) in [5.41, 5.74) is 2.27. The zero-order chi connectivity index (χ0) is 14.7. The molecule has 2 rings (SSSR count). The maximum atomic E-state index is 11.3. The number of rotatable bonds is 6. The third-order valence-corrected chi connectivity index (χ3v) is 4.06. The normalized spacial score (nSPS) is 22.6. The molecule has 0 saturated carbocycles. The highest BCUT2D eigenvalue weighted by Gasteiger charge is 2.37. The Bertz CT molecular complexity index is 472. The minimum Gasteiger partial charge on any atom is -0.481 e. The van der Waals surface area contributed by atoms with Crippen LogP contribution in [0.3, 0.4) is 0 Å². The van der Waals surface area contributed by atoms with Crippen LogP contribution in [0.4, 0.5) is 0 Å². The summed E-state index contributed by atoms with van der Waals surface area (Å²) in [5, 5.41) is 13.6. The molecule has 6 heteroatoms. The van der Waals surface area contributed by atoms with Crippen LogP contribution in [0.2, 0.25) is 0 Å². The van der Waals surface area contributed by atoms with Gasteiger partial charge in [0.15, 0.2) is 0 Å². The van der Waals surface area contributed by atoms with Crippen LogP contribution in [0.1, 0.15) is 24.6 Å². The second-order valence-electron chi connectivity index (χ2n) is 5.40. The van der Waals surface area contributed by atoms with E-state index in [2.05, 4.69) is 16.9 Å². The van der Waals surface area contributed by atoms with Crippen LogP contribution in [0.5, 0.6) is 0 Å². The number of ether oxygens (including phenoxy) is 1. The Morgan fingerprint density at radius 3 is 2.90 bits per heavy atom. The van der Waals surface area contributed by atoms with Gasteiger partial charge < -0.3 is 9.84 Å². The molecule has 1 aliphatic rings. The van der Waals surface area contributed by atoms with Gasteiger partial charge >= 0.3 is 5.97 Å². The minimum absolute atomic E-state index is 0.0490. The maximum absolute atomic E-state index is 11.3. The maximum Gasteiger partial charge on any atom is 0.310 e. The number of carbonyl (C=O) groups is 1. The Kier molecular flexibility index (Phi) is 4.77. The van der Waals surface area contributed by atoms with Crippen molar-refractivity contribution < 1.29 is 14.6 Å². The molecule has 0 aromatic carbocycles.